The molecule has 0 aliphatic carbocycles. The van der Waals surface area contributed by atoms with E-state index in [0.29, 0.717) is 5.75 Å². The monoisotopic (exact) mass is 324 g/mol. The highest BCUT2D eigenvalue weighted by Gasteiger charge is 2.05. The highest BCUT2D eigenvalue weighted by molar-refractivity contribution is 5.93. The van der Waals surface area contributed by atoms with Gasteiger partial charge in [-0.15, -0.1) is 0 Å². The zero-order chi connectivity index (χ0) is 17.4. The van der Waals surface area contributed by atoms with E-state index in [2.05, 4.69) is 10.9 Å². The number of amides is 2. The number of hydrazine groups is 1. The van der Waals surface area contributed by atoms with Gasteiger partial charge in [0.05, 0.1) is 0 Å². The fourth-order valence-electron chi connectivity index (χ4n) is 2.05. The van der Waals surface area contributed by atoms with Crippen LogP contribution in [0.3, 0.4) is 0 Å². The van der Waals surface area contributed by atoms with Crippen molar-refractivity contribution in [1.29, 1.82) is 0 Å². The van der Waals surface area contributed by atoms with E-state index in [1.54, 1.807) is 6.08 Å². The van der Waals surface area contributed by atoms with Gasteiger partial charge in [0.25, 0.3) is 11.8 Å². The van der Waals surface area contributed by atoms with Crippen molar-refractivity contribution >= 4 is 17.9 Å². The summed E-state index contributed by atoms with van der Waals surface area (Å²) in [4.78, 5) is 23.3. The van der Waals surface area contributed by atoms with Crippen molar-refractivity contribution in [2.45, 2.75) is 13.8 Å². The Hall–Kier alpha value is -3.08. The van der Waals surface area contributed by atoms with Crippen molar-refractivity contribution in [2.24, 2.45) is 0 Å². The SMILES string of the molecule is Cc1ccc(OCC(=O)NNC(=O)C=Cc2ccccc2)c(C)c1. The smallest absolute Gasteiger partial charge is 0.276 e. The molecule has 0 saturated heterocycles. The first-order chi connectivity index (χ1) is 11.5. The molecule has 5 heteroatoms. The summed E-state index contributed by atoms with van der Waals surface area (Å²) in [5.41, 5.74) is 7.60. The summed E-state index contributed by atoms with van der Waals surface area (Å²) < 4.78 is 5.43. The minimum atomic E-state index is -0.434. The molecule has 0 aliphatic rings. The van der Waals surface area contributed by atoms with Crippen LogP contribution in [0.1, 0.15) is 16.7 Å². The van der Waals surface area contributed by atoms with E-state index in [1.807, 2.05) is 62.4 Å². The zero-order valence-electron chi connectivity index (χ0n) is 13.7. The Morgan fingerprint density at radius 3 is 2.50 bits per heavy atom. The fourth-order valence-corrected chi connectivity index (χ4v) is 2.05. The van der Waals surface area contributed by atoms with Crippen LogP contribution >= 0.6 is 0 Å². The van der Waals surface area contributed by atoms with E-state index < -0.39 is 11.8 Å². The highest BCUT2D eigenvalue weighted by Crippen LogP contribution is 2.18. The summed E-state index contributed by atoms with van der Waals surface area (Å²) in [6.07, 6.45) is 3.01. The number of rotatable bonds is 5. The first-order valence-electron chi connectivity index (χ1n) is 7.56. The first kappa shape index (κ1) is 17.3. The summed E-state index contributed by atoms with van der Waals surface area (Å²) in [6, 6.07) is 15.1. The molecule has 5 nitrogen and oxygen atoms in total. The number of carbonyl (C=O) groups excluding carboxylic acids is 2. The van der Waals surface area contributed by atoms with Gasteiger partial charge in [-0.2, -0.15) is 0 Å². The predicted molar refractivity (Wildman–Crippen MR) is 93.2 cm³/mol. The normalized spacial score (nSPS) is 10.4. The van der Waals surface area contributed by atoms with Crippen LogP contribution in [0.25, 0.3) is 6.08 Å². The second-order valence-corrected chi connectivity index (χ2v) is 5.34. The summed E-state index contributed by atoms with van der Waals surface area (Å²) in [7, 11) is 0. The van der Waals surface area contributed by atoms with Gasteiger partial charge in [0.15, 0.2) is 6.61 Å². The maximum absolute atomic E-state index is 11.7. The van der Waals surface area contributed by atoms with Crippen LogP contribution in [-0.2, 0) is 9.59 Å². The van der Waals surface area contributed by atoms with Crippen molar-refractivity contribution < 1.29 is 14.3 Å². The Bertz CT molecular complexity index is 740. The number of aryl methyl sites for hydroxylation is 2. The second kappa shape index (κ2) is 8.53. The molecule has 2 amide bonds. The minimum Gasteiger partial charge on any atom is -0.483 e. The molecule has 0 saturated carbocycles. The molecule has 0 fully saturated rings. The van der Waals surface area contributed by atoms with Gasteiger partial charge in [-0.1, -0.05) is 48.0 Å². The van der Waals surface area contributed by atoms with Crippen LogP contribution < -0.4 is 15.6 Å². The molecule has 124 valence electrons. The first-order valence-corrected chi connectivity index (χ1v) is 7.56. The van der Waals surface area contributed by atoms with Gasteiger partial charge in [0.2, 0.25) is 0 Å². The van der Waals surface area contributed by atoms with Crippen LogP contribution in [0, 0.1) is 13.8 Å². The van der Waals surface area contributed by atoms with Gasteiger partial charge < -0.3 is 4.74 Å². The number of hydrogen-bond donors (Lipinski definition) is 2. The molecule has 24 heavy (non-hydrogen) atoms. The molecular weight excluding hydrogens is 304 g/mol. The molecule has 0 heterocycles. The lowest BCUT2D eigenvalue weighted by molar-refractivity contribution is -0.128. The largest absolute Gasteiger partial charge is 0.483 e. The molecule has 0 spiro atoms. The van der Waals surface area contributed by atoms with Gasteiger partial charge in [-0.05, 0) is 37.1 Å². The molecule has 0 aliphatic heterocycles. The molecule has 0 radical (unpaired) electrons. The van der Waals surface area contributed by atoms with Crippen molar-refractivity contribution in [3.05, 3.63) is 71.3 Å². The number of carbonyl (C=O) groups is 2. The standard InChI is InChI=1S/C19H20N2O3/c1-14-8-10-17(15(2)12-14)24-13-19(23)21-20-18(22)11-9-16-6-4-3-5-7-16/h3-12H,13H2,1-2H3,(H,20,22)(H,21,23). The van der Waals surface area contributed by atoms with Crippen LogP contribution in [0.5, 0.6) is 5.75 Å². The van der Waals surface area contributed by atoms with E-state index in [1.165, 1.54) is 6.08 Å². The average molecular weight is 324 g/mol. The van der Waals surface area contributed by atoms with E-state index in [4.69, 9.17) is 4.74 Å². The molecule has 2 aromatic rings. The van der Waals surface area contributed by atoms with Gasteiger partial charge in [0.1, 0.15) is 5.75 Å². The van der Waals surface area contributed by atoms with Gasteiger partial charge >= 0.3 is 0 Å². The molecule has 0 unspecified atom stereocenters. The summed E-state index contributed by atoms with van der Waals surface area (Å²) in [6.45, 7) is 3.73. The second-order valence-electron chi connectivity index (χ2n) is 5.34. The van der Waals surface area contributed by atoms with Gasteiger partial charge in [-0.3, -0.25) is 20.4 Å². The third kappa shape index (κ3) is 5.61. The summed E-state index contributed by atoms with van der Waals surface area (Å²) >= 11 is 0. The molecule has 2 N–H and O–H groups in total. The Labute approximate surface area is 141 Å². The molecular formula is C19H20N2O3. The number of hydrogen-bond acceptors (Lipinski definition) is 3. The Morgan fingerprint density at radius 1 is 1.04 bits per heavy atom. The topological polar surface area (TPSA) is 67.4 Å². The van der Waals surface area contributed by atoms with Crippen molar-refractivity contribution in [3.8, 4) is 5.75 Å². The van der Waals surface area contributed by atoms with E-state index in [9.17, 15) is 9.59 Å². The van der Waals surface area contributed by atoms with E-state index in [0.717, 1.165) is 16.7 Å². The number of ether oxygens (including phenoxy) is 1. The van der Waals surface area contributed by atoms with Gasteiger partial charge in [0, 0.05) is 6.08 Å². The van der Waals surface area contributed by atoms with Crippen molar-refractivity contribution in [2.75, 3.05) is 6.61 Å². The molecule has 2 rings (SSSR count). The van der Waals surface area contributed by atoms with E-state index >= 15 is 0 Å². The number of benzene rings is 2. The molecule has 2 aromatic carbocycles. The molecule has 0 aromatic heterocycles. The molecule has 0 bridgehead atoms. The lowest BCUT2D eigenvalue weighted by atomic mass is 10.1. The third-order valence-electron chi connectivity index (χ3n) is 3.24. The van der Waals surface area contributed by atoms with Crippen molar-refractivity contribution in [3.63, 3.8) is 0 Å². The lowest BCUT2D eigenvalue weighted by Gasteiger charge is -2.10. The van der Waals surface area contributed by atoms with Crippen LogP contribution in [0.15, 0.2) is 54.6 Å². The summed E-state index contributed by atoms with van der Waals surface area (Å²) in [5, 5.41) is 0. The quantitative estimate of drug-likeness (QED) is 0.656. The van der Waals surface area contributed by atoms with Crippen LogP contribution in [-0.4, -0.2) is 18.4 Å². The zero-order valence-corrected chi connectivity index (χ0v) is 13.7. The van der Waals surface area contributed by atoms with Gasteiger partial charge in [-0.25, -0.2) is 0 Å². The minimum absolute atomic E-state index is 0.174. The fraction of sp³-hybridized carbons (Fsp3) is 0.158. The van der Waals surface area contributed by atoms with Crippen molar-refractivity contribution in [1.82, 2.24) is 10.9 Å². The molecule has 0 atom stereocenters. The van der Waals surface area contributed by atoms with Crippen LogP contribution in [0.4, 0.5) is 0 Å². The predicted octanol–water partition coefficient (Wildman–Crippen LogP) is 2.54. The maximum Gasteiger partial charge on any atom is 0.276 e. The Balaban J connectivity index is 1.74. The highest BCUT2D eigenvalue weighted by atomic mass is 16.5. The maximum atomic E-state index is 11.7. The number of nitrogens with one attached hydrogen (secondary N) is 2. The third-order valence-corrected chi connectivity index (χ3v) is 3.24. The van der Waals surface area contributed by atoms with E-state index in [-0.39, 0.29) is 6.61 Å². The van der Waals surface area contributed by atoms with Crippen LogP contribution in [0.2, 0.25) is 0 Å². The Kier molecular flexibility index (Phi) is 6.14. The summed E-state index contributed by atoms with van der Waals surface area (Å²) in [5.74, 6) is -0.207. The lowest BCUT2D eigenvalue weighted by Crippen LogP contribution is -2.43. The Morgan fingerprint density at radius 2 is 1.79 bits per heavy atom. The average Bonchev–Trinajstić information content (AvgIpc) is 2.58.